The molecular formula is C13H20N2O2. The molecule has 0 heterocycles. The van der Waals surface area contributed by atoms with Gasteiger partial charge in [-0.05, 0) is 32.0 Å². The maximum absolute atomic E-state index is 11.5. The van der Waals surface area contributed by atoms with Crippen molar-refractivity contribution in [3.8, 4) is 0 Å². The van der Waals surface area contributed by atoms with Crippen LogP contribution in [0.2, 0.25) is 0 Å². The van der Waals surface area contributed by atoms with Crippen LogP contribution >= 0.6 is 0 Å². The topological polar surface area (TPSA) is 50.4 Å². The predicted octanol–water partition coefficient (Wildman–Crippen LogP) is 1.56. The number of amides is 1. The summed E-state index contributed by atoms with van der Waals surface area (Å²) in [7, 11) is 1.67. The van der Waals surface area contributed by atoms with E-state index in [9.17, 15) is 4.79 Å². The van der Waals surface area contributed by atoms with E-state index in [2.05, 4.69) is 10.6 Å². The highest BCUT2D eigenvalue weighted by atomic mass is 16.5. The number of hydrogen-bond acceptors (Lipinski definition) is 3. The van der Waals surface area contributed by atoms with Gasteiger partial charge in [0.25, 0.3) is 0 Å². The smallest absolute Gasteiger partial charge is 0.238 e. The van der Waals surface area contributed by atoms with Crippen LogP contribution in [0.1, 0.15) is 12.0 Å². The van der Waals surface area contributed by atoms with Gasteiger partial charge in [0, 0.05) is 19.4 Å². The molecule has 0 saturated carbocycles. The van der Waals surface area contributed by atoms with Crippen LogP contribution in [0, 0.1) is 6.92 Å². The molecule has 1 aromatic rings. The Bertz CT molecular complexity index is 336. The van der Waals surface area contributed by atoms with Gasteiger partial charge in [-0.1, -0.05) is 17.7 Å². The number of nitrogens with one attached hydrogen (secondary N) is 2. The van der Waals surface area contributed by atoms with Crippen molar-refractivity contribution < 1.29 is 9.53 Å². The zero-order chi connectivity index (χ0) is 12.5. The summed E-state index contributed by atoms with van der Waals surface area (Å²) in [5, 5.41) is 5.89. The highest BCUT2D eigenvalue weighted by Gasteiger charge is 2.00. The van der Waals surface area contributed by atoms with Crippen LogP contribution in [0.5, 0.6) is 0 Å². The molecule has 0 bridgehead atoms. The quantitative estimate of drug-likeness (QED) is 0.706. The fraction of sp³-hybridized carbons (Fsp3) is 0.462. The fourth-order valence-electron chi connectivity index (χ4n) is 1.39. The third kappa shape index (κ3) is 6.04. The van der Waals surface area contributed by atoms with E-state index in [-0.39, 0.29) is 5.91 Å². The van der Waals surface area contributed by atoms with Crippen molar-refractivity contribution in [3.05, 3.63) is 29.8 Å². The van der Waals surface area contributed by atoms with E-state index in [1.54, 1.807) is 7.11 Å². The summed E-state index contributed by atoms with van der Waals surface area (Å²) < 4.78 is 4.92. The van der Waals surface area contributed by atoms with Gasteiger partial charge < -0.3 is 15.4 Å². The van der Waals surface area contributed by atoms with Crippen LogP contribution < -0.4 is 10.6 Å². The Morgan fingerprint density at radius 2 is 2.00 bits per heavy atom. The minimum Gasteiger partial charge on any atom is -0.385 e. The van der Waals surface area contributed by atoms with Crippen LogP contribution in [0.3, 0.4) is 0 Å². The van der Waals surface area contributed by atoms with Crippen molar-refractivity contribution in [1.82, 2.24) is 5.32 Å². The first-order valence-electron chi connectivity index (χ1n) is 5.78. The molecule has 2 N–H and O–H groups in total. The fourth-order valence-corrected chi connectivity index (χ4v) is 1.39. The summed E-state index contributed by atoms with van der Waals surface area (Å²) in [6.07, 6.45) is 0.911. The third-order valence-corrected chi connectivity index (χ3v) is 2.32. The van der Waals surface area contributed by atoms with Crippen molar-refractivity contribution in [2.24, 2.45) is 0 Å². The summed E-state index contributed by atoms with van der Waals surface area (Å²) in [4.78, 5) is 11.5. The SMILES string of the molecule is COCCCNCC(=O)Nc1ccc(C)cc1. The Hall–Kier alpha value is -1.39. The van der Waals surface area contributed by atoms with Gasteiger partial charge in [0.1, 0.15) is 0 Å². The second-order valence-electron chi connectivity index (χ2n) is 3.94. The van der Waals surface area contributed by atoms with Crippen LogP contribution in [-0.4, -0.2) is 32.7 Å². The molecule has 1 rings (SSSR count). The van der Waals surface area contributed by atoms with Gasteiger partial charge in [-0.3, -0.25) is 4.79 Å². The molecule has 0 aliphatic carbocycles. The van der Waals surface area contributed by atoms with E-state index in [4.69, 9.17) is 4.74 Å². The molecule has 0 aromatic heterocycles. The lowest BCUT2D eigenvalue weighted by Crippen LogP contribution is -2.29. The number of carbonyl (C=O) groups is 1. The second kappa shape index (κ2) is 7.81. The molecule has 0 aliphatic heterocycles. The van der Waals surface area contributed by atoms with Crippen LogP contribution in [0.15, 0.2) is 24.3 Å². The van der Waals surface area contributed by atoms with Crippen molar-refractivity contribution in [2.45, 2.75) is 13.3 Å². The molecule has 1 amide bonds. The summed E-state index contributed by atoms with van der Waals surface area (Å²) >= 11 is 0. The number of benzene rings is 1. The van der Waals surface area contributed by atoms with Gasteiger partial charge in [-0.25, -0.2) is 0 Å². The molecule has 0 radical (unpaired) electrons. The number of methoxy groups -OCH3 is 1. The maximum Gasteiger partial charge on any atom is 0.238 e. The minimum atomic E-state index is -0.0220. The first-order chi connectivity index (χ1) is 8.22. The Balaban J connectivity index is 2.18. The molecular weight excluding hydrogens is 216 g/mol. The van der Waals surface area contributed by atoms with Gasteiger partial charge in [0.2, 0.25) is 5.91 Å². The van der Waals surface area contributed by atoms with E-state index < -0.39 is 0 Å². The highest BCUT2D eigenvalue weighted by molar-refractivity contribution is 5.92. The summed E-state index contributed by atoms with van der Waals surface area (Å²) in [6, 6.07) is 7.75. The minimum absolute atomic E-state index is 0.0220. The van der Waals surface area contributed by atoms with E-state index in [0.29, 0.717) is 13.2 Å². The second-order valence-corrected chi connectivity index (χ2v) is 3.94. The zero-order valence-electron chi connectivity index (χ0n) is 10.5. The average molecular weight is 236 g/mol. The molecule has 0 aliphatic rings. The Morgan fingerprint density at radius 1 is 1.29 bits per heavy atom. The van der Waals surface area contributed by atoms with Gasteiger partial charge >= 0.3 is 0 Å². The number of carbonyl (C=O) groups excluding carboxylic acids is 1. The van der Waals surface area contributed by atoms with Gasteiger partial charge in [-0.15, -0.1) is 0 Å². The molecule has 0 spiro atoms. The van der Waals surface area contributed by atoms with Gasteiger partial charge in [0.05, 0.1) is 6.54 Å². The summed E-state index contributed by atoms with van der Waals surface area (Å²) in [5.74, 6) is -0.0220. The Morgan fingerprint density at radius 3 is 2.65 bits per heavy atom. The Labute approximate surface area is 102 Å². The van der Waals surface area contributed by atoms with Crippen molar-refractivity contribution >= 4 is 11.6 Å². The largest absolute Gasteiger partial charge is 0.385 e. The standard InChI is InChI=1S/C13H20N2O2/c1-11-4-6-12(7-5-11)15-13(16)10-14-8-3-9-17-2/h4-7,14H,3,8-10H2,1-2H3,(H,15,16). The molecule has 0 atom stereocenters. The number of anilines is 1. The van der Waals surface area contributed by atoms with Crippen molar-refractivity contribution in [2.75, 3.05) is 32.1 Å². The monoisotopic (exact) mass is 236 g/mol. The molecule has 0 fully saturated rings. The van der Waals surface area contributed by atoms with Gasteiger partial charge in [-0.2, -0.15) is 0 Å². The Kier molecular flexibility index (Phi) is 6.29. The number of rotatable bonds is 7. The zero-order valence-corrected chi connectivity index (χ0v) is 10.5. The van der Waals surface area contributed by atoms with E-state index >= 15 is 0 Å². The van der Waals surface area contributed by atoms with Crippen LogP contribution in [0.4, 0.5) is 5.69 Å². The van der Waals surface area contributed by atoms with Crippen molar-refractivity contribution in [1.29, 1.82) is 0 Å². The molecule has 1 aromatic carbocycles. The van der Waals surface area contributed by atoms with E-state index in [1.807, 2.05) is 31.2 Å². The molecule has 4 nitrogen and oxygen atoms in total. The summed E-state index contributed by atoms with van der Waals surface area (Å²) in [6.45, 7) is 3.85. The molecule has 0 saturated heterocycles. The molecule has 94 valence electrons. The lowest BCUT2D eigenvalue weighted by molar-refractivity contribution is -0.115. The number of ether oxygens (including phenoxy) is 1. The molecule has 0 unspecified atom stereocenters. The van der Waals surface area contributed by atoms with E-state index in [1.165, 1.54) is 5.56 Å². The normalized spacial score (nSPS) is 10.2. The van der Waals surface area contributed by atoms with Crippen molar-refractivity contribution in [3.63, 3.8) is 0 Å². The van der Waals surface area contributed by atoms with Gasteiger partial charge in [0.15, 0.2) is 0 Å². The molecule has 4 heteroatoms. The number of aryl methyl sites for hydroxylation is 1. The lowest BCUT2D eigenvalue weighted by Gasteiger charge is -2.06. The average Bonchev–Trinajstić information content (AvgIpc) is 2.32. The molecule has 17 heavy (non-hydrogen) atoms. The lowest BCUT2D eigenvalue weighted by atomic mass is 10.2. The maximum atomic E-state index is 11.5. The predicted molar refractivity (Wildman–Crippen MR) is 69.2 cm³/mol. The third-order valence-electron chi connectivity index (χ3n) is 2.32. The van der Waals surface area contributed by atoms with Crippen LogP contribution in [-0.2, 0) is 9.53 Å². The van der Waals surface area contributed by atoms with Crippen LogP contribution in [0.25, 0.3) is 0 Å². The number of hydrogen-bond donors (Lipinski definition) is 2. The highest BCUT2D eigenvalue weighted by Crippen LogP contribution is 2.07. The first kappa shape index (κ1) is 13.7. The van der Waals surface area contributed by atoms with E-state index in [0.717, 1.165) is 18.7 Å². The first-order valence-corrected chi connectivity index (χ1v) is 5.78. The summed E-state index contributed by atoms with van der Waals surface area (Å²) in [5.41, 5.74) is 2.01.